The Morgan fingerprint density at radius 2 is 2.00 bits per heavy atom. The predicted molar refractivity (Wildman–Crippen MR) is 96.7 cm³/mol. The number of halogens is 4. The number of nitrogens with one attached hydrogen (secondary N) is 2. The molecule has 0 bridgehead atoms. The van der Waals surface area contributed by atoms with Crippen LogP contribution in [0, 0.1) is 13.8 Å². The predicted octanol–water partition coefficient (Wildman–Crippen LogP) is 3.01. The summed E-state index contributed by atoms with van der Waals surface area (Å²) >= 11 is 1.62. The molecule has 1 aromatic rings. The van der Waals surface area contributed by atoms with Crippen LogP contribution in [0.4, 0.5) is 13.2 Å². The van der Waals surface area contributed by atoms with Crippen LogP contribution < -0.4 is 10.6 Å². The summed E-state index contributed by atoms with van der Waals surface area (Å²) < 4.78 is 40.1. The molecule has 0 amide bonds. The summed E-state index contributed by atoms with van der Waals surface area (Å²) in [5.74, 6) is 0.598. The zero-order valence-electron chi connectivity index (χ0n) is 13.3. The number of ether oxygens (including phenoxy) is 1. The zero-order chi connectivity index (χ0) is 16.6. The molecular weight excluding hydrogens is 444 g/mol. The minimum Gasteiger partial charge on any atom is -0.372 e. The van der Waals surface area contributed by atoms with Gasteiger partial charge in [-0.3, -0.25) is 4.99 Å². The number of rotatable bonds is 7. The Balaban J connectivity index is 0.00000484. The molecule has 1 heterocycles. The number of nitrogens with zero attached hydrogens (tertiary/aromatic N) is 2. The van der Waals surface area contributed by atoms with Crippen LogP contribution in [-0.2, 0) is 11.3 Å². The highest BCUT2D eigenvalue weighted by Crippen LogP contribution is 2.16. The van der Waals surface area contributed by atoms with Gasteiger partial charge in [0.1, 0.15) is 6.61 Å². The lowest BCUT2D eigenvalue weighted by molar-refractivity contribution is -0.173. The Labute approximate surface area is 155 Å². The van der Waals surface area contributed by atoms with Crippen molar-refractivity contribution in [3.8, 4) is 0 Å². The van der Waals surface area contributed by atoms with E-state index in [1.54, 1.807) is 18.4 Å². The molecule has 0 saturated heterocycles. The van der Waals surface area contributed by atoms with Crippen LogP contribution in [0.15, 0.2) is 4.99 Å². The van der Waals surface area contributed by atoms with E-state index in [4.69, 9.17) is 0 Å². The summed E-state index contributed by atoms with van der Waals surface area (Å²) in [6.45, 7) is 3.85. The fraction of sp³-hybridized carbons (Fsp3) is 0.692. The topological polar surface area (TPSA) is 58.5 Å². The van der Waals surface area contributed by atoms with Crippen LogP contribution in [0.2, 0.25) is 0 Å². The van der Waals surface area contributed by atoms with Crippen LogP contribution in [0.25, 0.3) is 0 Å². The Hall–Kier alpha value is -0.620. The van der Waals surface area contributed by atoms with Crippen molar-refractivity contribution in [2.45, 2.75) is 33.0 Å². The first-order chi connectivity index (χ1) is 10.3. The standard InChI is InChI=1S/C13H21F3N4OS.HI/c1-9-11(22-10(2)20-9)7-19-12(17-3)18-5-4-6-21-8-13(14,15)16;/h4-8H2,1-3H3,(H2,17,18,19);1H. The van der Waals surface area contributed by atoms with Gasteiger partial charge in [-0.2, -0.15) is 13.2 Å². The van der Waals surface area contributed by atoms with Gasteiger partial charge < -0.3 is 15.4 Å². The normalized spacial score (nSPS) is 12.0. The average molecular weight is 466 g/mol. The molecule has 0 unspecified atom stereocenters. The molecule has 134 valence electrons. The molecule has 10 heteroatoms. The van der Waals surface area contributed by atoms with Crippen molar-refractivity contribution < 1.29 is 17.9 Å². The third-order valence-corrected chi connectivity index (χ3v) is 3.74. The summed E-state index contributed by atoms with van der Waals surface area (Å²) in [5, 5.41) is 7.18. The maximum absolute atomic E-state index is 11.9. The maximum atomic E-state index is 11.9. The van der Waals surface area contributed by atoms with Crippen molar-refractivity contribution in [3.63, 3.8) is 0 Å². The maximum Gasteiger partial charge on any atom is 0.411 e. The third kappa shape index (κ3) is 9.97. The van der Waals surface area contributed by atoms with E-state index < -0.39 is 12.8 Å². The summed E-state index contributed by atoms with van der Waals surface area (Å²) in [5.41, 5.74) is 0.992. The van der Waals surface area contributed by atoms with Crippen LogP contribution in [0.1, 0.15) is 22.0 Å². The van der Waals surface area contributed by atoms with Crippen LogP contribution in [0.3, 0.4) is 0 Å². The lowest BCUT2D eigenvalue weighted by Gasteiger charge is -2.12. The summed E-state index contributed by atoms with van der Waals surface area (Å²) in [4.78, 5) is 9.53. The van der Waals surface area contributed by atoms with Gasteiger partial charge in [-0.05, 0) is 20.3 Å². The number of aliphatic imine (C=N–C) groups is 1. The zero-order valence-corrected chi connectivity index (χ0v) is 16.4. The number of guanidine groups is 1. The van der Waals surface area contributed by atoms with Crippen LogP contribution in [-0.4, -0.2) is 43.9 Å². The SMILES string of the molecule is CN=C(NCCCOCC(F)(F)F)NCc1sc(C)nc1C.I. The van der Waals surface area contributed by atoms with Crippen molar-refractivity contribution in [2.75, 3.05) is 26.8 Å². The van der Waals surface area contributed by atoms with E-state index in [1.165, 1.54) is 0 Å². The van der Waals surface area contributed by atoms with E-state index >= 15 is 0 Å². The van der Waals surface area contributed by atoms with E-state index in [9.17, 15) is 13.2 Å². The third-order valence-electron chi connectivity index (χ3n) is 2.66. The molecule has 2 N–H and O–H groups in total. The smallest absolute Gasteiger partial charge is 0.372 e. The molecule has 0 aliphatic carbocycles. The fourth-order valence-corrected chi connectivity index (χ4v) is 2.57. The van der Waals surface area contributed by atoms with Crippen LogP contribution >= 0.6 is 35.3 Å². The van der Waals surface area contributed by atoms with E-state index in [0.29, 0.717) is 25.5 Å². The summed E-state index contributed by atoms with van der Waals surface area (Å²) in [7, 11) is 1.64. The molecule has 0 spiro atoms. The van der Waals surface area contributed by atoms with Gasteiger partial charge in [-0.25, -0.2) is 4.98 Å². The van der Waals surface area contributed by atoms with Crippen molar-refractivity contribution >= 4 is 41.3 Å². The second-order valence-electron chi connectivity index (χ2n) is 4.62. The lowest BCUT2D eigenvalue weighted by Crippen LogP contribution is -2.37. The van der Waals surface area contributed by atoms with Gasteiger partial charge in [0.15, 0.2) is 5.96 Å². The van der Waals surface area contributed by atoms with Gasteiger partial charge in [0.05, 0.1) is 17.2 Å². The average Bonchev–Trinajstić information content (AvgIpc) is 2.74. The minimum atomic E-state index is -4.27. The summed E-state index contributed by atoms with van der Waals surface area (Å²) in [6, 6.07) is 0. The van der Waals surface area contributed by atoms with Crippen molar-refractivity contribution in [3.05, 3.63) is 15.6 Å². The molecule has 0 saturated carbocycles. The molecule has 0 atom stereocenters. The van der Waals surface area contributed by atoms with Crippen molar-refractivity contribution in [1.29, 1.82) is 0 Å². The Bertz CT molecular complexity index is 494. The molecule has 0 radical (unpaired) electrons. The molecule has 0 aromatic carbocycles. The van der Waals surface area contributed by atoms with Gasteiger partial charge >= 0.3 is 6.18 Å². The largest absolute Gasteiger partial charge is 0.411 e. The number of alkyl halides is 3. The molecule has 0 aliphatic heterocycles. The molecule has 0 fully saturated rings. The first kappa shape index (κ1) is 22.4. The fourth-order valence-electron chi connectivity index (χ4n) is 1.69. The van der Waals surface area contributed by atoms with Crippen molar-refractivity contribution in [1.82, 2.24) is 15.6 Å². The number of thiazole rings is 1. The molecule has 23 heavy (non-hydrogen) atoms. The molecular formula is C13H22F3IN4OS. The summed E-state index contributed by atoms with van der Waals surface area (Å²) in [6.07, 6.45) is -3.80. The van der Waals surface area contributed by atoms with E-state index in [-0.39, 0.29) is 30.6 Å². The van der Waals surface area contributed by atoms with Crippen LogP contribution in [0.5, 0.6) is 0 Å². The van der Waals surface area contributed by atoms with Crippen molar-refractivity contribution in [2.24, 2.45) is 4.99 Å². The Morgan fingerprint density at radius 3 is 2.52 bits per heavy atom. The first-order valence-electron chi connectivity index (χ1n) is 6.83. The van der Waals surface area contributed by atoms with Gasteiger partial charge in [0.2, 0.25) is 0 Å². The Morgan fingerprint density at radius 1 is 1.30 bits per heavy atom. The first-order valence-corrected chi connectivity index (χ1v) is 7.65. The lowest BCUT2D eigenvalue weighted by atomic mass is 10.4. The Kier molecular flexibility index (Phi) is 10.7. The monoisotopic (exact) mass is 466 g/mol. The van der Waals surface area contributed by atoms with E-state index in [2.05, 4.69) is 25.3 Å². The van der Waals surface area contributed by atoms with Gasteiger partial charge in [0, 0.05) is 25.1 Å². The number of hydrogen-bond donors (Lipinski definition) is 2. The molecule has 5 nitrogen and oxygen atoms in total. The second-order valence-corrected chi connectivity index (χ2v) is 5.90. The minimum absolute atomic E-state index is 0. The quantitative estimate of drug-likeness (QED) is 0.281. The number of aromatic nitrogens is 1. The highest BCUT2D eigenvalue weighted by Gasteiger charge is 2.27. The van der Waals surface area contributed by atoms with Gasteiger partial charge in [-0.1, -0.05) is 0 Å². The number of aryl methyl sites for hydroxylation is 2. The highest BCUT2D eigenvalue weighted by atomic mass is 127. The molecule has 0 aliphatic rings. The van der Waals surface area contributed by atoms with E-state index in [1.807, 2.05) is 13.8 Å². The van der Waals surface area contributed by atoms with E-state index in [0.717, 1.165) is 15.6 Å². The molecule has 1 rings (SSSR count). The second kappa shape index (κ2) is 11.0. The van der Waals surface area contributed by atoms with Gasteiger partial charge in [-0.15, -0.1) is 35.3 Å². The van der Waals surface area contributed by atoms with Gasteiger partial charge in [0.25, 0.3) is 0 Å². The number of hydrogen-bond acceptors (Lipinski definition) is 4. The molecule has 1 aromatic heterocycles. The highest BCUT2D eigenvalue weighted by molar-refractivity contribution is 14.0.